The van der Waals surface area contributed by atoms with E-state index in [1.807, 2.05) is 24.3 Å². The minimum Gasteiger partial charge on any atom is -0.381 e. The van der Waals surface area contributed by atoms with Gasteiger partial charge in [0.15, 0.2) is 5.82 Å². The number of likely N-dealkylation sites (tertiary alicyclic amines) is 1. The first-order valence-electron chi connectivity index (χ1n) is 7.20. The van der Waals surface area contributed by atoms with Gasteiger partial charge in [-0.15, -0.1) is 5.10 Å². The third-order valence-corrected chi connectivity index (χ3v) is 4.38. The Bertz CT molecular complexity index is 713. The number of carbonyl (C=O) groups excluding carboxylic acids is 1. The van der Waals surface area contributed by atoms with E-state index in [9.17, 15) is 9.90 Å². The number of hydrogen-bond donors (Lipinski definition) is 2. The van der Waals surface area contributed by atoms with Crippen LogP contribution in [0.2, 0.25) is 0 Å². The molecule has 2 aromatic rings. The van der Waals surface area contributed by atoms with E-state index in [1.165, 1.54) is 0 Å². The first-order chi connectivity index (χ1) is 11.0. The summed E-state index contributed by atoms with van der Waals surface area (Å²) in [5.41, 5.74) is -0.171. The SMILES string of the molecule is Cn1nnnc1CCNC(=O)N1CC(O)(c2cccc(Br)c2)C1. The number of carbonyl (C=O) groups is 1. The molecular formula is C14H17BrN6O2. The molecule has 2 N–H and O–H groups in total. The number of nitrogens with one attached hydrogen (secondary N) is 1. The minimum absolute atomic E-state index is 0.195. The molecule has 0 radical (unpaired) electrons. The molecule has 1 fully saturated rings. The number of hydrogen-bond acceptors (Lipinski definition) is 5. The van der Waals surface area contributed by atoms with Crippen LogP contribution >= 0.6 is 15.9 Å². The Hall–Kier alpha value is -2.00. The van der Waals surface area contributed by atoms with Gasteiger partial charge >= 0.3 is 6.03 Å². The largest absolute Gasteiger partial charge is 0.381 e. The van der Waals surface area contributed by atoms with Gasteiger partial charge in [-0.25, -0.2) is 9.48 Å². The lowest BCUT2D eigenvalue weighted by atomic mass is 9.86. The van der Waals surface area contributed by atoms with Crippen LogP contribution in [0.25, 0.3) is 0 Å². The molecule has 2 amide bonds. The quantitative estimate of drug-likeness (QED) is 0.801. The highest BCUT2D eigenvalue weighted by Crippen LogP contribution is 2.32. The number of benzene rings is 1. The molecule has 0 unspecified atom stereocenters. The Morgan fingerprint density at radius 1 is 1.48 bits per heavy atom. The lowest BCUT2D eigenvalue weighted by Gasteiger charge is -2.46. The van der Waals surface area contributed by atoms with E-state index in [-0.39, 0.29) is 19.1 Å². The standard InChI is InChI=1S/C14H17BrN6O2/c1-20-12(17-18-19-20)5-6-16-13(22)21-8-14(23,9-21)10-3-2-4-11(15)7-10/h2-4,7,23H,5-6,8-9H2,1H3,(H,16,22). The Morgan fingerprint density at radius 3 is 2.91 bits per heavy atom. The second-order valence-corrected chi connectivity index (χ2v) is 6.51. The van der Waals surface area contributed by atoms with Crippen LogP contribution in [0.5, 0.6) is 0 Å². The molecule has 9 heteroatoms. The van der Waals surface area contributed by atoms with Gasteiger partial charge in [0.25, 0.3) is 0 Å². The molecule has 122 valence electrons. The van der Waals surface area contributed by atoms with Crippen molar-refractivity contribution < 1.29 is 9.90 Å². The van der Waals surface area contributed by atoms with Crippen molar-refractivity contribution in [3.05, 3.63) is 40.1 Å². The van der Waals surface area contributed by atoms with Crippen LogP contribution in [0.15, 0.2) is 28.7 Å². The predicted molar refractivity (Wildman–Crippen MR) is 85.5 cm³/mol. The Morgan fingerprint density at radius 2 is 2.26 bits per heavy atom. The first-order valence-corrected chi connectivity index (χ1v) is 8.00. The average molecular weight is 381 g/mol. The van der Waals surface area contributed by atoms with Crippen LogP contribution in [-0.4, -0.2) is 55.9 Å². The van der Waals surface area contributed by atoms with Crippen LogP contribution in [0, 0.1) is 0 Å². The number of nitrogens with zero attached hydrogens (tertiary/aromatic N) is 5. The summed E-state index contributed by atoms with van der Waals surface area (Å²) in [6.07, 6.45) is 0.555. The maximum atomic E-state index is 12.1. The number of tetrazole rings is 1. The number of aliphatic hydroxyl groups is 1. The van der Waals surface area contributed by atoms with E-state index >= 15 is 0 Å². The topological polar surface area (TPSA) is 96.2 Å². The Labute approximate surface area is 141 Å². The number of aromatic nitrogens is 4. The lowest BCUT2D eigenvalue weighted by molar-refractivity contribution is -0.0815. The van der Waals surface area contributed by atoms with Gasteiger partial charge in [0.2, 0.25) is 0 Å². The smallest absolute Gasteiger partial charge is 0.317 e. The molecule has 0 saturated carbocycles. The fraction of sp³-hybridized carbons (Fsp3) is 0.429. The minimum atomic E-state index is -0.978. The number of urea groups is 1. The van der Waals surface area contributed by atoms with Gasteiger partial charge in [-0.1, -0.05) is 28.1 Å². The van der Waals surface area contributed by atoms with Gasteiger partial charge in [0.1, 0.15) is 5.60 Å². The highest BCUT2D eigenvalue weighted by molar-refractivity contribution is 9.10. The molecule has 0 atom stereocenters. The molecule has 1 aliphatic rings. The molecule has 23 heavy (non-hydrogen) atoms. The summed E-state index contributed by atoms with van der Waals surface area (Å²) in [6, 6.07) is 7.31. The summed E-state index contributed by atoms with van der Waals surface area (Å²) < 4.78 is 2.48. The molecule has 1 aromatic heterocycles. The summed E-state index contributed by atoms with van der Waals surface area (Å²) in [4.78, 5) is 13.6. The van der Waals surface area contributed by atoms with Crippen LogP contribution < -0.4 is 5.32 Å². The van der Waals surface area contributed by atoms with Crippen LogP contribution in [0.1, 0.15) is 11.4 Å². The third kappa shape index (κ3) is 3.35. The van der Waals surface area contributed by atoms with Gasteiger partial charge in [0.05, 0.1) is 13.1 Å². The zero-order valence-electron chi connectivity index (χ0n) is 12.6. The highest BCUT2D eigenvalue weighted by atomic mass is 79.9. The summed E-state index contributed by atoms with van der Waals surface area (Å²) in [7, 11) is 1.75. The van der Waals surface area contributed by atoms with Crippen LogP contribution in [0.3, 0.4) is 0 Å². The number of aryl methyl sites for hydroxylation is 1. The maximum absolute atomic E-state index is 12.1. The molecule has 0 spiro atoms. The van der Waals surface area contributed by atoms with E-state index in [2.05, 4.69) is 36.8 Å². The predicted octanol–water partition coefficient (Wildman–Crippen LogP) is 0.428. The fourth-order valence-electron chi connectivity index (χ4n) is 2.54. The van der Waals surface area contributed by atoms with Crippen molar-refractivity contribution >= 4 is 22.0 Å². The van der Waals surface area contributed by atoms with Gasteiger partial charge < -0.3 is 15.3 Å². The number of rotatable bonds is 4. The van der Waals surface area contributed by atoms with Crippen molar-refractivity contribution in [2.75, 3.05) is 19.6 Å². The van der Waals surface area contributed by atoms with Gasteiger partial charge in [-0.3, -0.25) is 0 Å². The van der Waals surface area contributed by atoms with Crippen LogP contribution in [-0.2, 0) is 19.1 Å². The van der Waals surface area contributed by atoms with Crippen molar-refractivity contribution in [3.8, 4) is 0 Å². The van der Waals surface area contributed by atoms with E-state index in [4.69, 9.17) is 0 Å². The molecule has 3 rings (SSSR count). The molecule has 1 aromatic carbocycles. The molecule has 0 aliphatic carbocycles. The van der Waals surface area contributed by atoms with Gasteiger partial charge in [-0.2, -0.15) is 0 Å². The normalized spacial score (nSPS) is 16.0. The molecule has 8 nitrogen and oxygen atoms in total. The zero-order chi connectivity index (χ0) is 16.4. The van der Waals surface area contributed by atoms with E-state index < -0.39 is 5.60 Å². The monoisotopic (exact) mass is 380 g/mol. The van der Waals surface area contributed by atoms with E-state index in [0.29, 0.717) is 18.8 Å². The molecule has 1 saturated heterocycles. The summed E-state index contributed by atoms with van der Waals surface area (Å²) >= 11 is 3.39. The van der Waals surface area contributed by atoms with Crippen molar-refractivity contribution in [2.24, 2.45) is 7.05 Å². The third-order valence-electron chi connectivity index (χ3n) is 3.89. The Kier molecular flexibility index (Phi) is 4.31. The zero-order valence-corrected chi connectivity index (χ0v) is 14.2. The molecule has 0 bridgehead atoms. The van der Waals surface area contributed by atoms with Crippen molar-refractivity contribution in [3.63, 3.8) is 0 Å². The van der Waals surface area contributed by atoms with E-state index in [0.717, 1.165) is 10.0 Å². The highest BCUT2D eigenvalue weighted by Gasteiger charge is 2.45. The van der Waals surface area contributed by atoms with Crippen LogP contribution in [0.4, 0.5) is 4.79 Å². The van der Waals surface area contributed by atoms with Crippen molar-refractivity contribution in [2.45, 2.75) is 12.0 Å². The van der Waals surface area contributed by atoms with Crippen molar-refractivity contribution in [1.29, 1.82) is 0 Å². The van der Waals surface area contributed by atoms with Crippen molar-refractivity contribution in [1.82, 2.24) is 30.4 Å². The van der Waals surface area contributed by atoms with E-state index in [1.54, 1.807) is 16.6 Å². The lowest BCUT2D eigenvalue weighted by Crippen LogP contribution is -2.63. The molecule has 1 aliphatic heterocycles. The summed E-state index contributed by atoms with van der Waals surface area (Å²) in [5.74, 6) is 0.708. The average Bonchev–Trinajstić information content (AvgIpc) is 2.89. The first kappa shape index (κ1) is 15.9. The summed E-state index contributed by atoms with van der Waals surface area (Å²) in [6.45, 7) is 1.00. The summed E-state index contributed by atoms with van der Waals surface area (Å²) in [5, 5.41) is 24.5. The second-order valence-electron chi connectivity index (χ2n) is 5.60. The number of β-amino-alcohol motifs (C(OH)–C–C–N with tert-alkyl or cyclic N) is 1. The second kappa shape index (κ2) is 6.25. The van der Waals surface area contributed by atoms with Gasteiger partial charge in [-0.05, 0) is 28.1 Å². The van der Waals surface area contributed by atoms with Gasteiger partial charge in [0, 0.05) is 24.5 Å². The molecule has 2 heterocycles. The number of halogens is 1. The Balaban J connectivity index is 1.49. The maximum Gasteiger partial charge on any atom is 0.317 e. The fourth-order valence-corrected chi connectivity index (χ4v) is 2.94. The molecular weight excluding hydrogens is 364 g/mol. The number of amides is 2.